The fraction of sp³-hybridized carbons (Fsp3) is 0.361. The van der Waals surface area contributed by atoms with Crippen LogP contribution in [0.4, 0.5) is 18.0 Å². The van der Waals surface area contributed by atoms with Crippen LogP contribution < -0.4 is 5.69 Å². The third-order valence-corrected chi connectivity index (χ3v) is 9.00. The van der Waals surface area contributed by atoms with Gasteiger partial charge in [0.2, 0.25) is 5.89 Å². The Kier molecular flexibility index (Phi) is 8.37. The Bertz CT molecular complexity index is 2290. The maximum Gasteiger partial charge on any atom is 0.419 e. The smallest absolute Gasteiger partial charge is 0.419 e. The van der Waals surface area contributed by atoms with Crippen molar-refractivity contribution in [2.75, 3.05) is 20.1 Å². The van der Waals surface area contributed by atoms with Crippen LogP contribution in [0.25, 0.3) is 44.5 Å². The Labute approximate surface area is 284 Å². The predicted octanol–water partition coefficient (Wildman–Crippen LogP) is 7.35. The number of carbonyl (C=O) groups excluding carboxylic acids is 1. The first-order valence-corrected chi connectivity index (χ1v) is 16.3. The van der Waals surface area contributed by atoms with E-state index in [0.717, 1.165) is 31.3 Å². The number of imidazole rings is 1. The van der Waals surface area contributed by atoms with Gasteiger partial charge in [-0.05, 0) is 103 Å². The van der Waals surface area contributed by atoms with E-state index in [2.05, 4.69) is 20.1 Å². The lowest BCUT2D eigenvalue weighted by atomic mass is 10.0. The SMILES string of the molecule is Cc1cc2cc(-c3cc4c(cc3F)n(Cc3ccc(-c5nnc(C(F)F)o5)cn3)c(=O)n4C3CCN(C)CC3)ccc2n1C(=O)OC(C)(C)C. The molecule has 6 aromatic rings. The van der Waals surface area contributed by atoms with E-state index in [9.17, 15) is 18.4 Å². The largest absolute Gasteiger partial charge is 0.443 e. The summed E-state index contributed by atoms with van der Waals surface area (Å²) in [5.41, 5.74) is 3.17. The van der Waals surface area contributed by atoms with E-state index in [1.807, 2.05) is 26.1 Å². The van der Waals surface area contributed by atoms with Crippen LogP contribution in [-0.2, 0) is 11.3 Å². The highest BCUT2D eigenvalue weighted by atomic mass is 19.3. The molecule has 1 aliphatic rings. The fourth-order valence-electron chi connectivity index (χ4n) is 6.59. The molecular formula is C36H36F3N7O4. The summed E-state index contributed by atoms with van der Waals surface area (Å²) in [6.45, 7) is 8.91. The van der Waals surface area contributed by atoms with Crippen LogP contribution >= 0.6 is 0 Å². The first-order chi connectivity index (χ1) is 23.8. The first kappa shape index (κ1) is 33.3. The van der Waals surface area contributed by atoms with Gasteiger partial charge in [-0.1, -0.05) is 6.07 Å². The predicted molar refractivity (Wildman–Crippen MR) is 181 cm³/mol. The molecule has 7 rings (SSSR count). The molecule has 1 fully saturated rings. The number of carbonyl (C=O) groups is 1. The number of benzene rings is 2. The van der Waals surface area contributed by atoms with Crippen LogP contribution in [-0.4, -0.2) is 65.6 Å². The Morgan fingerprint density at radius 1 is 1.00 bits per heavy atom. The zero-order chi connectivity index (χ0) is 35.5. The third-order valence-electron chi connectivity index (χ3n) is 9.00. The molecule has 0 radical (unpaired) electrons. The maximum atomic E-state index is 16.2. The molecular weight excluding hydrogens is 651 g/mol. The Morgan fingerprint density at radius 2 is 1.74 bits per heavy atom. The van der Waals surface area contributed by atoms with Crippen LogP contribution in [0, 0.1) is 12.7 Å². The van der Waals surface area contributed by atoms with Crippen molar-refractivity contribution in [3.8, 4) is 22.6 Å². The molecule has 14 heteroatoms. The van der Waals surface area contributed by atoms with Crippen LogP contribution in [0.2, 0.25) is 0 Å². The van der Waals surface area contributed by atoms with Gasteiger partial charge in [0.05, 0.1) is 34.4 Å². The molecule has 5 heterocycles. The number of piperidine rings is 1. The highest BCUT2D eigenvalue weighted by molar-refractivity contribution is 5.94. The standard InChI is InChI=1S/C36H36F3N7O4/c1-20-14-23-15-21(7-9-28(23)45(20)35(48)50-36(2,3)4)26-16-30-29(17-27(26)37)44(34(47)46(30)25-10-12-43(5)13-11-25)19-24-8-6-22(18-40-24)32-41-42-33(49-32)31(38)39/h6-9,14-18,25,31H,10-13,19H2,1-5H3. The van der Waals surface area contributed by atoms with Gasteiger partial charge in [0.1, 0.15) is 11.4 Å². The number of nitrogens with zero attached hydrogens (tertiary/aromatic N) is 7. The molecule has 4 aromatic heterocycles. The molecule has 0 saturated carbocycles. The van der Waals surface area contributed by atoms with Crippen molar-refractivity contribution in [1.29, 1.82) is 0 Å². The van der Waals surface area contributed by atoms with Crippen molar-refractivity contribution in [3.63, 3.8) is 0 Å². The monoisotopic (exact) mass is 687 g/mol. The van der Waals surface area contributed by atoms with Crippen LogP contribution in [0.15, 0.2) is 63.9 Å². The number of aryl methyl sites for hydroxylation is 1. The molecule has 0 N–H and O–H groups in total. The van der Waals surface area contributed by atoms with Crippen LogP contribution in [0.5, 0.6) is 0 Å². The second-order valence-corrected chi connectivity index (χ2v) is 13.8. The van der Waals surface area contributed by atoms with Crippen LogP contribution in [0.3, 0.4) is 0 Å². The molecule has 1 aliphatic heterocycles. The third kappa shape index (κ3) is 6.19. The minimum absolute atomic E-state index is 0.0452. The Balaban J connectivity index is 1.28. The summed E-state index contributed by atoms with van der Waals surface area (Å²) in [4.78, 5) is 33.8. The van der Waals surface area contributed by atoms with Crippen molar-refractivity contribution >= 4 is 28.0 Å². The molecule has 0 amide bonds. The highest BCUT2D eigenvalue weighted by Crippen LogP contribution is 2.34. The number of pyridine rings is 1. The number of aromatic nitrogens is 6. The minimum Gasteiger partial charge on any atom is -0.443 e. The summed E-state index contributed by atoms with van der Waals surface area (Å²) in [5, 5.41) is 7.76. The minimum atomic E-state index is -2.89. The van der Waals surface area contributed by atoms with E-state index < -0.39 is 29.8 Å². The zero-order valence-electron chi connectivity index (χ0n) is 28.3. The van der Waals surface area contributed by atoms with Crippen molar-refractivity contribution in [2.45, 2.75) is 65.1 Å². The van der Waals surface area contributed by atoms with E-state index in [1.54, 1.807) is 55.7 Å². The van der Waals surface area contributed by atoms with E-state index in [0.29, 0.717) is 44.6 Å². The normalized spacial score (nSPS) is 14.7. The lowest BCUT2D eigenvalue weighted by Crippen LogP contribution is -2.36. The number of halogens is 3. The molecule has 2 aromatic carbocycles. The molecule has 0 aliphatic carbocycles. The molecule has 1 saturated heterocycles. The molecule has 0 unspecified atom stereocenters. The highest BCUT2D eigenvalue weighted by Gasteiger charge is 2.27. The van der Waals surface area contributed by atoms with Gasteiger partial charge in [-0.25, -0.2) is 18.5 Å². The number of rotatable bonds is 6. The molecule has 11 nitrogen and oxygen atoms in total. The zero-order valence-corrected chi connectivity index (χ0v) is 28.3. The molecule has 0 atom stereocenters. The van der Waals surface area contributed by atoms with Gasteiger partial charge in [0.15, 0.2) is 0 Å². The molecule has 260 valence electrons. The van der Waals surface area contributed by atoms with Crippen LogP contribution in [0.1, 0.15) is 63.4 Å². The van der Waals surface area contributed by atoms with E-state index >= 15 is 4.39 Å². The second-order valence-electron chi connectivity index (χ2n) is 13.8. The topological polar surface area (TPSA) is 113 Å². The number of alkyl halides is 2. The lowest BCUT2D eigenvalue weighted by molar-refractivity contribution is 0.0541. The second kappa shape index (κ2) is 12.6. The first-order valence-electron chi connectivity index (χ1n) is 16.3. The molecule has 0 spiro atoms. The van der Waals surface area contributed by atoms with Crippen molar-refractivity contribution in [2.24, 2.45) is 0 Å². The van der Waals surface area contributed by atoms with Crippen molar-refractivity contribution in [3.05, 3.63) is 88.3 Å². The summed E-state index contributed by atoms with van der Waals surface area (Å²) < 4.78 is 57.4. The van der Waals surface area contributed by atoms with E-state index in [-0.39, 0.29) is 24.2 Å². The number of hydrogen-bond donors (Lipinski definition) is 0. The summed E-state index contributed by atoms with van der Waals surface area (Å²) in [6.07, 6.45) is -0.469. The number of fused-ring (bicyclic) bond motifs is 2. The van der Waals surface area contributed by atoms with E-state index in [4.69, 9.17) is 9.15 Å². The Hall–Kier alpha value is -5.24. The molecule has 50 heavy (non-hydrogen) atoms. The average Bonchev–Trinajstić information content (AvgIpc) is 3.75. The summed E-state index contributed by atoms with van der Waals surface area (Å²) in [6, 6.07) is 13.5. The Morgan fingerprint density at radius 3 is 2.40 bits per heavy atom. The van der Waals surface area contributed by atoms with Gasteiger partial charge in [-0.3, -0.25) is 14.1 Å². The maximum absolute atomic E-state index is 16.2. The number of likely N-dealkylation sites (tertiary alicyclic amines) is 1. The molecule has 0 bridgehead atoms. The van der Waals surface area contributed by atoms with Gasteiger partial charge < -0.3 is 14.1 Å². The summed E-state index contributed by atoms with van der Waals surface area (Å²) in [7, 11) is 2.04. The summed E-state index contributed by atoms with van der Waals surface area (Å²) >= 11 is 0. The number of hydrogen-bond acceptors (Lipinski definition) is 8. The van der Waals surface area contributed by atoms with Gasteiger partial charge in [0, 0.05) is 34.9 Å². The van der Waals surface area contributed by atoms with E-state index in [1.165, 1.54) is 21.4 Å². The lowest BCUT2D eigenvalue weighted by Gasteiger charge is -2.29. The quantitative estimate of drug-likeness (QED) is 0.179. The van der Waals surface area contributed by atoms with Gasteiger partial charge in [-0.15, -0.1) is 10.2 Å². The van der Waals surface area contributed by atoms with Crippen molar-refractivity contribution in [1.82, 2.24) is 33.8 Å². The summed E-state index contributed by atoms with van der Waals surface area (Å²) in [5.74, 6) is -1.39. The van der Waals surface area contributed by atoms with Gasteiger partial charge in [0.25, 0.3) is 5.89 Å². The van der Waals surface area contributed by atoms with Crippen molar-refractivity contribution < 1.29 is 27.1 Å². The van der Waals surface area contributed by atoms with Gasteiger partial charge >= 0.3 is 18.2 Å². The number of ether oxygens (including phenoxy) is 1. The van der Waals surface area contributed by atoms with Gasteiger partial charge in [-0.2, -0.15) is 8.78 Å². The average molecular weight is 688 g/mol. The fourth-order valence-corrected chi connectivity index (χ4v) is 6.59.